The van der Waals surface area contributed by atoms with Gasteiger partial charge in [-0.1, -0.05) is 6.07 Å². The second-order valence-electron chi connectivity index (χ2n) is 8.28. The quantitative estimate of drug-likeness (QED) is 0.500. The van der Waals surface area contributed by atoms with E-state index in [0.717, 1.165) is 31.0 Å². The zero-order chi connectivity index (χ0) is 30.0. The van der Waals surface area contributed by atoms with Gasteiger partial charge in [0.15, 0.2) is 0 Å². The van der Waals surface area contributed by atoms with Gasteiger partial charge in [0.2, 0.25) is 5.91 Å². The summed E-state index contributed by atoms with van der Waals surface area (Å²) in [6.07, 6.45) is -6.49. The molecule has 218 valence electrons. The number of likely N-dealkylation sites (N-methyl/N-ethyl adjacent to an activating group) is 1. The van der Waals surface area contributed by atoms with Gasteiger partial charge in [0.05, 0.1) is 24.3 Å². The van der Waals surface area contributed by atoms with E-state index in [1.165, 1.54) is 5.69 Å². The fourth-order valence-electron chi connectivity index (χ4n) is 3.20. The normalized spacial score (nSPS) is 15.2. The molecule has 0 aliphatic carbocycles. The summed E-state index contributed by atoms with van der Waals surface area (Å²) in [5.41, 5.74) is 3.33. The predicted octanol–water partition coefficient (Wildman–Crippen LogP) is 2.29. The fraction of sp³-hybridized carbons (Fsp3) is 0.500. The third kappa shape index (κ3) is 11.7. The van der Waals surface area contributed by atoms with E-state index in [-0.39, 0.29) is 18.4 Å². The van der Waals surface area contributed by atoms with Gasteiger partial charge in [-0.2, -0.15) is 26.3 Å². The van der Waals surface area contributed by atoms with Gasteiger partial charge in [0.1, 0.15) is 6.61 Å². The average Bonchev–Trinajstić information content (AvgIpc) is 3.19. The number of halogens is 6. The maximum atomic E-state index is 11.7. The number of nitrogens with zero attached hydrogens (tertiary/aromatic N) is 5. The molecule has 0 bridgehead atoms. The number of rotatable bonds is 6. The van der Waals surface area contributed by atoms with Crippen LogP contribution >= 0.6 is 0 Å². The lowest BCUT2D eigenvalue weighted by Gasteiger charge is -2.32. The number of aliphatic carboxylic acids is 2. The van der Waals surface area contributed by atoms with Crippen LogP contribution in [-0.2, 0) is 39.3 Å². The second-order valence-corrected chi connectivity index (χ2v) is 8.28. The monoisotopic (exact) mass is 571 g/mol. The lowest BCUT2D eigenvalue weighted by molar-refractivity contribution is -0.193. The number of hydrogen-bond donors (Lipinski definition) is 2. The van der Waals surface area contributed by atoms with Crippen molar-refractivity contribution in [2.75, 3.05) is 33.9 Å². The van der Waals surface area contributed by atoms with E-state index in [9.17, 15) is 31.1 Å². The Balaban J connectivity index is 0.000000449. The molecule has 0 saturated heterocycles. The molecular weight excluding hydrogens is 544 g/mol. The van der Waals surface area contributed by atoms with E-state index < -0.39 is 24.3 Å². The van der Waals surface area contributed by atoms with Crippen molar-refractivity contribution in [2.24, 2.45) is 7.05 Å². The van der Waals surface area contributed by atoms with E-state index in [1.807, 2.05) is 37.8 Å². The molecule has 17 heteroatoms. The zero-order valence-corrected chi connectivity index (χ0v) is 21.0. The molecule has 1 unspecified atom stereocenters. The minimum Gasteiger partial charge on any atom is -0.475 e. The van der Waals surface area contributed by atoms with E-state index >= 15 is 0 Å². The first-order valence-corrected chi connectivity index (χ1v) is 10.9. The number of amides is 1. The highest BCUT2D eigenvalue weighted by molar-refractivity contribution is 5.76. The first-order valence-electron chi connectivity index (χ1n) is 10.9. The number of fused-ring (bicyclic) bond motifs is 1. The highest BCUT2D eigenvalue weighted by atomic mass is 19.4. The topological polar surface area (TPSA) is 138 Å². The molecule has 2 aromatic heterocycles. The molecule has 1 aliphatic heterocycles. The Morgan fingerprint density at radius 2 is 1.62 bits per heavy atom. The number of aryl methyl sites for hydroxylation is 1. The van der Waals surface area contributed by atoms with Gasteiger partial charge in [-0.3, -0.25) is 14.7 Å². The van der Waals surface area contributed by atoms with Gasteiger partial charge in [0, 0.05) is 58.6 Å². The molecule has 0 radical (unpaired) electrons. The van der Waals surface area contributed by atoms with Gasteiger partial charge >= 0.3 is 24.3 Å². The Kier molecular flexibility index (Phi) is 12.3. The Morgan fingerprint density at radius 3 is 2.08 bits per heavy atom. The first kappa shape index (κ1) is 33.3. The van der Waals surface area contributed by atoms with Crippen LogP contribution in [0.25, 0.3) is 0 Å². The van der Waals surface area contributed by atoms with E-state index in [2.05, 4.69) is 19.4 Å². The van der Waals surface area contributed by atoms with Gasteiger partial charge in [-0.15, -0.1) is 0 Å². The van der Waals surface area contributed by atoms with E-state index in [1.54, 1.807) is 19.0 Å². The van der Waals surface area contributed by atoms with E-state index in [0.29, 0.717) is 6.61 Å². The summed E-state index contributed by atoms with van der Waals surface area (Å²) in [6, 6.07) is 5.97. The number of carboxylic acids is 2. The Hall–Kier alpha value is -3.73. The summed E-state index contributed by atoms with van der Waals surface area (Å²) in [5.74, 6) is -5.35. The minimum atomic E-state index is -5.08. The van der Waals surface area contributed by atoms with Crippen molar-refractivity contribution in [1.82, 2.24) is 24.3 Å². The van der Waals surface area contributed by atoms with Crippen LogP contribution < -0.4 is 0 Å². The number of imidazole rings is 1. The maximum Gasteiger partial charge on any atom is 0.490 e. The number of aromatic nitrogens is 3. The lowest BCUT2D eigenvalue weighted by atomic mass is 9.99. The fourth-order valence-corrected chi connectivity index (χ4v) is 3.20. The molecule has 1 aliphatic rings. The van der Waals surface area contributed by atoms with Gasteiger partial charge < -0.3 is 24.4 Å². The largest absolute Gasteiger partial charge is 0.490 e. The predicted molar refractivity (Wildman–Crippen MR) is 121 cm³/mol. The van der Waals surface area contributed by atoms with Gasteiger partial charge in [-0.25, -0.2) is 14.6 Å². The molecule has 0 aromatic carbocycles. The van der Waals surface area contributed by atoms with Crippen molar-refractivity contribution in [3.63, 3.8) is 0 Å². The van der Waals surface area contributed by atoms with Crippen molar-refractivity contribution < 1.29 is 55.7 Å². The highest BCUT2D eigenvalue weighted by Gasteiger charge is 2.39. The van der Waals surface area contributed by atoms with Gasteiger partial charge in [0.25, 0.3) is 0 Å². The smallest absolute Gasteiger partial charge is 0.475 e. The molecule has 0 saturated carbocycles. The van der Waals surface area contributed by atoms with E-state index in [4.69, 9.17) is 24.5 Å². The molecule has 2 N–H and O–H groups in total. The van der Waals surface area contributed by atoms with Crippen LogP contribution in [0, 0.1) is 0 Å². The SMILES string of the molecule is CN(C)C(=O)COCC1CN(Cc2ccccn2)Cc2ncn(C)c21.O=C(O)C(F)(F)F.O=C(O)C(F)(F)F. The van der Waals surface area contributed by atoms with Crippen molar-refractivity contribution in [1.29, 1.82) is 0 Å². The Bertz CT molecular complexity index is 1070. The first-order chi connectivity index (χ1) is 17.9. The molecule has 3 heterocycles. The van der Waals surface area contributed by atoms with Crippen LogP contribution in [0.5, 0.6) is 0 Å². The summed E-state index contributed by atoms with van der Waals surface area (Å²) in [7, 11) is 5.48. The maximum absolute atomic E-state index is 11.7. The molecule has 1 amide bonds. The molecule has 0 fully saturated rings. The second kappa shape index (κ2) is 14.4. The average molecular weight is 571 g/mol. The molecule has 2 aromatic rings. The summed E-state index contributed by atoms with van der Waals surface area (Å²) in [6.45, 7) is 3.06. The molecule has 39 heavy (non-hydrogen) atoms. The van der Waals surface area contributed by atoms with Crippen LogP contribution in [0.1, 0.15) is 23.0 Å². The number of alkyl halides is 6. The van der Waals surface area contributed by atoms with Crippen LogP contribution in [0.2, 0.25) is 0 Å². The lowest BCUT2D eigenvalue weighted by Crippen LogP contribution is -2.36. The zero-order valence-electron chi connectivity index (χ0n) is 21.0. The Labute approximate surface area is 218 Å². The number of ether oxygens (including phenoxy) is 1. The third-order valence-electron chi connectivity index (χ3n) is 4.94. The molecule has 1 atom stereocenters. The van der Waals surface area contributed by atoms with Crippen molar-refractivity contribution in [3.8, 4) is 0 Å². The molecule has 11 nitrogen and oxygen atoms in total. The minimum absolute atomic E-state index is 0.0219. The molecule has 0 spiro atoms. The number of carbonyl (C=O) groups excluding carboxylic acids is 1. The van der Waals surface area contributed by atoms with Crippen LogP contribution in [0.3, 0.4) is 0 Å². The van der Waals surface area contributed by atoms with Crippen LogP contribution in [0.15, 0.2) is 30.7 Å². The number of carboxylic acid groups (broad SMARTS) is 2. The molecule has 3 rings (SSSR count). The van der Waals surface area contributed by atoms with Gasteiger partial charge in [-0.05, 0) is 12.1 Å². The van der Waals surface area contributed by atoms with Crippen LogP contribution in [0.4, 0.5) is 26.3 Å². The number of carbonyl (C=O) groups is 3. The highest BCUT2D eigenvalue weighted by Crippen LogP contribution is 2.28. The summed E-state index contributed by atoms with van der Waals surface area (Å²) < 4.78 is 71.2. The third-order valence-corrected chi connectivity index (χ3v) is 4.94. The summed E-state index contributed by atoms with van der Waals surface area (Å²) >= 11 is 0. The summed E-state index contributed by atoms with van der Waals surface area (Å²) in [4.78, 5) is 42.3. The summed E-state index contributed by atoms with van der Waals surface area (Å²) in [5, 5.41) is 14.2. The number of pyridine rings is 1. The van der Waals surface area contributed by atoms with Crippen LogP contribution in [-0.4, -0.2) is 98.6 Å². The van der Waals surface area contributed by atoms with Crippen molar-refractivity contribution in [3.05, 3.63) is 47.8 Å². The van der Waals surface area contributed by atoms with Crippen molar-refractivity contribution in [2.45, 2.75) is 31.4 Å². The molecular formula is C22H27F6N5O6. The van der Waals surface area contributed by atoms with Crippen molar-refractivity contribution >= 4 is 17.8 Å². The standard InChI is InChI=1S/C18H25N5O2.2C2HF3O2/c1-21(2)17(24)12-25-11-14-8-23(9-15-6-4-5-7-19-15)10-16-18(14)22(3)13-20-16;2*3-2(4,5)1(6)7/h4-7,13-14H,8-12H2,1-3H3;2*(H,6,7). The Morgan fingerprint density at radius 1 is 1.05 bits per heavy atom. The number of hydrogen-bond acceptors (Lipinski definition) is 7.